The normalized spacial score (nSPS) is 18.4. The van der Waals surface area contributed by atoms with Crippen LogP contribution in [0.1, 0.15) is 64.5 Å². The number of hydrogen-bond donors (Lipinski definition) is 4. The lowest BCUT2D eigenvalue weighted by Crippen LogP contribution is -2.51. The Morgan fingerprint density at radius 2 is 0.978 bits per heavy atom. The van der Waals surface area contributed by atoms with E-state index in [1.165, 1.54) is 23.6 Å². The summed E-state index contributed by atoms with van der Waals surface area (Å²) in [7, 11) is 0. The molecule has 0 bridgehead atoms. The van der Waals surface area contributed by atoms with Crippen molar-refractivity contribution in [2.75, 3.05) is 23.7 Å². The molecule has 2 aliphatic rings. The molecule has 6 amide bonds. The third-order valence-corrected chi connectivity index (χ3v) is 7.91. The van der Waals surface area contributed by atoms with E-state index in [0.717, 1.165) is 11.1 Å². The van der Waals surface area contributed by atoms with Crippen LogP contribution in [0, 0.1) is 11.8 Å². The Hall–Kier alpha value is -5.18. The topological polar surface area (TPSA) is 157 Å². The van der Waals surface area contributed by atoms with Crippen LogP contribution in [-0.4, -0.2) is 82.5 Å². The highest BCUT2D eigenvalue weighted by atomic mass is 16.2. The minimum Gasteiger partial charge on any atom is -0.345 e. The molecule has 12 heteroatoms. The molecule has 2 aliphatic heterocycles. The number of nitrogens with zero attached hydrogens (tertiary/aromatic N) is 2. The van der Waals surface area contributed by atoms with Crippen molar-refractivity contribution in [1.29, 1.82) is 0 Å². The van der Waals surface area contributed by atoms with Gasteiger partial charge < -0.3 is 31.1 Å². The Kier molecular flexibility index (Phi) is 11.1. The average molecular weight is 629 g/mol. The maximum Gasteiger partial charge on any atom is 0.247 e. The quantitative estimate of drug-likeness (QED) is 0.328. The summed E-state index contributed by atoms with van der Waals surface area (Å²) in [5.41, 5.74) is 2.63. The molecule has 0 unspecified atom stereocenters. The fourth-order valence-electron chi connectivity index (χ4n) is 5.71. The van der Waals surface area contributed by atoms with Crippen molar-refractivity contribution in [2.24, 2.45) is 0 Å². The minimum atomic E-state index is -0.703. The molecule has 0 saturated carbocycles. The van der Waals surface area contributed by atoms with Crippen LogP contribution < -0.4 is 21.3 Å². The molecule has 4 atom stereocenters. The molecule has 4 N–H and O–H groups in total. The number of amides is 6. The molecule has 4 rings (SSSR count). The Morgan fingerprint density at radius 3 is 1.30 bits per heavy atom. The molecule has 46 heavy (non-hydrogen) atoms. The maximum atomic E-state index is 13.0. The van der Waals surface area contributed by atoms with Gasteiger partial charge in [0.2, 0.25) is 35.4 Å². The summed E-state index contributed by atoms with van der Waals surface area (Å²) < 4.78 is 0. The largest absolute Gasteiger partial charge is 0.345 e. The van der Waals surface area contributed by atoms with Crippen molar-refractivity contribution in [3.05, 3.63) is 59.7 Å². The van der Waals surface area contributed by atoms with Gasteiger partial charge in [-0.1, -0.05) is 11.8 Å². The van der Waals surface area contributed by atoms with Gasteiger partial charge in [0.15, 0.2) is 0 Å². The fourth-order valence-corrected chi connectivity index (χ4v) is 5.71. The zero-order valence-electron chi connectivity index (χ0n) is 26.5. The van der Waals surface area contributed by atoms with E-state index in [4.69, 9.17) is 0 Å². The summed E-state index contributed by atoms with van der Waals surface area (Å²) in [5.74, 6) is 4.44. The third-order valence-electron chi connectivity index (χ3n) is 7.91. The van der Waals surface area contributed by atoms with Gasteiger partial charge in [0.1, 0.15) is 24.2 Å². The van der Waals surface area contributed by atoms with Crippen molar-refractivity contribution >= 4 is 46.8 Å². The van der Waals surface area contributed by atoms with Gasteiger partial charge in [-0.2, -0.15) is 0 Å². The van der Waals surface area contributed by atoms with Crippen molar-refractivity contribution in [2.45, 2.75) is 77.5 Å². The van der Waals surface area contributed by atoms with Gasteiger partial charge in [0, 0.05) is 49.4 Å². The number of carbonyl (C=O) groups is 6. The van der Waals surface area contributed by atoms with Crippen molar-refractivity contribution in [3.63, 3.8) is 0 Å². The van der Waals surface area contributed by atoms with E-state index in [2.05, 4.69) is 33.1 Å². The van der Waals surface area contributed by atoms with E-state index < -0.39 is 24.2 Å². The lowest BCUT2D eigenvalue weighted by atomic mass is 10.1. The second-order valence-corrected chi connectivity index (χ2v) is 11.6. The molecule has 12 nitrogen and oxygen atoms in total. The van der Waals surface area contributed by atoms with Gasteiger partial charge in [-0.25, -0.2) is 0 Å². The predicted molar refractivity (Wildman–Crippen MR) is 172 cm³/mol. The monoisotopic (exact) mass is 628 g/mol. The van der Waals surface area contributed by atoms with Crippen LogP contribution in [-0.2, 0) is 28.8 Å². The number of carbonyl (C=O) groups excluding carboxylic acids is 6. The van der Waals surface area contributed by atoms with Crippen LogP contribution in [0.5, 0.6) is 0 Å². The van der Waals surface area contributed by atoms with Gasteiger partial charge >= 0.3 is 0 Å². The number of rotatable bonds is 8. The number of nitrogens with one attached hydrogen (secondary N) is 4. The van der Waals surface area contributed by atoms with Gasteiger partial charge in [-0.15, -0.1) is 0 Å². The summed E-state index contributed by atoms with van der Waals surface area (Å²) in [6.07, 6.45) is 2.51. The Morgan fingerprint density at radius 1 is 0.630 bits per heavy atom. The molecule has 0 radical (unpaired) electrons. The molecule has 0 spiro atoms. The predicted octanol–water partition coefficient (Wildman–Crippen LogP) is 1.99. The zero-order chi connectivity index (χ0) is 33.4. The summed E-state index contributed by atoms with van der Waals surface area (Å²) in [6, 6.07) is 11.5. The molecule has 2 heterocycles. The van der Waals surface area contributed by atoms with E-state index in [-0.39, 0.29) is 35.4 Å². The first-order valence-corrected chi connectivity index (χ1v) is 15.4. The molecular formula is C34H40N6O6. The number of likely N-dealkylation sites (tertiary alicyclic amines) is 2. The SMILES string of the molecule is CC(=O)N[C@@H](C)C(=O)N1CCC[C@H]1C(=O)Nc1ccc(C#Cc2ccc(NC(=O)[C@@H]3CCCN3C(=O)[C@H](C)NC(C)=O)cc2)cc1. The first kappa shape index (κ1) is 33.7. The van der Waals surface area contributed by atoms with Crippen LogP contribution in [0.4, 0.5) is 11.4 Å². The minimum absolute atomic E-state index is 0.279. The standard InChI is InChI=1S/C34H40N6O6/c1-21(35-23(3)41)33(45)39-19-5-7-29(39)31(43)37-27-15-11-25(12-16-27)9-10-26-13-17-28(18-14-26)38-32(44)30-8-6-20-40(30)34(46)22(2)36-24(4)42/h11-18,21-22,29-30H,5-8,19-20H2,1-4H3,(H,35,41)(H,36,42)(H,37,43)(H,38,44)/t21-,22-,29-,30-/m0/s1. The number of hydrogen-bond acceptors (Lipinski definition) is 6. The van der Waals surface area contributed by atoms with E-state index >= 15 is 0 Å². The smallest absolute Gasteiger partial charge is 0.247 e. The molecule has 0 aromatic heterocycles. The van der Waals surface area contributed by atoms with E-state index in [1.807, 2.05) is 0 Å². The molecule has 2 aromatic carbocycles. The Bertz CT molecular complexity index is 1430. The molecule has 2 aromatic rings. The van der Waals surface area contributed by atoms with Crippen LogP contribution in [0.25, 0.3) is 0 Å². The third kappa shape index (κ3) is 8.72. The molecule has 2 fully saturated rings. The van der Waals surface area contributed by atoms with Crippen molar-refractivity contribution < 1.29 is 28.8 Å². The molecule has 2 saturated heterocycles. The van der Waals surface area contributed by atoms with E-state index in [9.17, 15) is 28.8 Å². The second kappa shape index (κ2) is 15.2. The molecule has 242 valence electrons. The van der Waals surface area contributed by atoms with Gasteiger partial charge in [0.05, 0.1) is 0 Å². The van der Waals surface area contributed by atoms with Gasteiger partial charge in [-0.3, -0.25) is 28.8 Å². The summed E-state index contributed by atoms with van der Waals surface area (Å²) in [4.78, 5) is 77.2. The van der Waals surface area contributed by atoms with Gasteiger partial charge in [0.25, 0.3) is 0 Å². The Labute approximate surface area is 268 Å². The van der Waals surface area contributed by atoms with Gasteiger partial charge in [-0.05, 0) is 88.1 Å². The van der Waals surface area contributed by atoms with Crippen LogP contribution >= 0.6 is 0 Å². The van der Waals surface area contributed by atoms with Crippen molar-refractivity contribution in [1.82, 2.24) is 20.4 Å². The lowest BCUT2D eigenvalue weighted by Gasteiger charge is -2.27. The lowest BCUT2D eigenvalue weighted by molar-refractivity contribution is -0.139. The first-order valence-electron chi connectivity index (χ1n) is 15.4. The fraction of sp³-hybridized carbons (Fsp3) is 0.412. The van der Waals surface area contributed by atoms with Crippen molar-refractivity contribution in [3.8, 4) is 11.8 Å². The average Bonchev–Trinajstić information content (AvgIpc) is 3.71. The first-order chi connectivity index (χ1) is 21.9. The molecule has 0 aliphatic carbocycles. The number of anilines is 2. The zero-order valence-corrected chi connectivity index (χ0v) is 26.5. The van der Waals surface area contributed by atoms with Crippen LogP contribution in [0.2, 0.25) is 0 Å². The summed E-state index contributed by atoms with van der Waals surface area (Å²) in [6.45, 7) is 6.84. The highest BCUT2D eigenvalue weighted by Gasteiger charge is 2.37. The van der Waals surface area contributed by atoms with Crippen LogP contribution in [0.3, 0.4) is 0 Å². The highest BCUT2D eigenvalue weighted by Crippen LogP contribution is 2.22. The summed E-state index contributed by atoms with van der Waals surface area (Å²) >= 11 is 0. The molecular weight excluding hydrogens is 588 g/mol. The van der Waals surface area contributed by atoms with Crippen LogP contribution in [0.15, 0.2) is 48.5 Å². The van der Waals surface area contributed by atoms with E-state index in [0.29, 0.717) is 50.1 Å². The number of benzene rings is 2. The summed E-state index contributed by atoms with van der Waals surface area (Å²) in [5, 5.41) is 10.9. The highest BCUT2D eigenvalue weighted by molar-refractivity contribution is 5.99. The maximum absolute atomic E-state index is 13.0. The Balaban J connectivity index is 1.30. The second-order valence-electron chi connectivity index (χ2n) is 11.6. The van der Waals surface area contributed by atoms with E-state index in [1.54, 1.807) is 62.4 Å².